The van der Waals surface area contributed by atoms with E-state index < -0.39 is 28.6 Å². The second-order valence-electron chi connectivity index (χ2n) is 4.11. The van der Waals surface area contributed by atoms with Gasteiger partial charge in [0.1, 0.15) is 0 Å². The van der Waals surface area contributed by atoms with E-state index in [1.807, 2.05) is 11.1 Å². The van der Waals surface area contributed by atoms with Crippen LogP contribution in [0.2, 0.25) is 0 Å². The first kappa shape index (κ1) is 13.6. The van der Waals surface area contributed by atoms with Crippen molar-refractivity contribution in [1.82, 2.24) is 14.9 Å². The molecule has 7 heteroatoms. The second kappa shape index (κ2) is 5.43. The topological polar surface area (TPSA) is 104 Å². The van der Waals surface area contributed by atoms with Gasteiger partial charge in [0.05, 0.1) is 6.54 Å². The van der Waals surface area contributed by atoms with Crippen LogP contribution in [-0.4, -0.2) is 27.6 Å². The molecule has 7 nitrogen and oxygen atoms in total. The standard InChI is InChI=1S/C13H13N3O4/c1-14-10(17)9-11(18)15-13(20)16(12(9)19)7-8-5-3-2-4-6-8/h2-6,19H,7H2,1H3,(H,14,17)(H,15,18,20). The molecular weight excluding hydrogens is 262 g/mol. The zero-order valence-corrected chi connectivity index (χ0v) is 10.7. The van der Waals surface area contributed by atoms with E-state index in [4.69, 9.17) is 0 Å². The van der Waals surface area contributed by atoms with Crippen LogP contribution >= 0.6 is 0 Å². The van der Waals surface area contributed by atoms with Crippen LogP contribution in [0.1, 0.15) is 15.9 Å². The molecule has 3 N–H and O–H groups in total. The van der Waals surface area contributed by atoms with E-state index in [0.29, 0.717) is 0 Å². The molecule has 0 saturated heterocycles. The highest BCUT2D eigenvalue weighted by molar-refractivity contribution is 5.95. The Morgan fingerprint density at radius 3 is 2.55 bits per heavy atom. The predicted octanol–water partition coefficient (Wildman–Crippen LogP) is -0.350. The van der Waals surface area contributed by atoms with Crippen molar-refractivity contribution in [2.75, 3.05) is 7.05 Å². The zero-order chi connectivity index (χ0) is 14.7. The molecule has 1 aromatic carbocycles. The Labute approximate surface area is 113 Å². The van der Waals surface area contributed by atoms with E-state index in [1.54, 1.807) is 24.3 Å². The quantitative estimate of drug-likeness (QED) is 0.712. The van der Waals surface area contributed by atoms with Crippen molar-refractivity contribution in [3.8, 4) is 5.88 Å². The Morgan fingerprint density at radius 1 is 1.30 bits per heavy atom. The molecule has 0 saturated carbocycles. The van der Waals surface area contributed by atoms with E-state index in [9.17, 15) is 19.5 Å². The maximum Gasteiger partial charge on any atom is 0.331 e. The van der Waals surface area contributed by atoms with Crippen LogP contribution in [0.4, 0.5) is 0 Å². The Hall–Kier alpha value is -2.83. The van der Waals surface area contributed by atoms with Crippen LogP contribution in [0.3, 0.4) is 0 Å². The summed E-state index contributed by atoms with van der Waals surface area (Å²) in [5.74, 6) is -1.41. The normalized spacial score (nSPS) is 10.2. The largest absolute Gasteiger partial charge is 0.494 e. The van der Waals surface area contributed by atoms with Gasteiger partial charge in [0, 0.05) is 7.05 Å². The summed E-state index contributed by atoms with van der Waals surface area (Å²) in [5, 5.41) is 12.2. The van der Waals surface area contributed by atoms with Crippen LogP contribution in [0.5, 0.6) is 5.88 Å². The van der Waals surface area contributed by atoms with E-state index in [2.05, 4.69) is 5.32 Å². The molecule has 104 valence electrons. The summed E-state index contributed by atoms with van der Waals surface area (Å²) in [6, 6.07) is 8.90. The SMILES string of the molecule is CNC(=O)c1c(O)n(Cc2ccccc2)c(=O)[nH]c1=O. The lowest BCUT2D eigenvalue weighted by Crippen LogP contribution is -2.36. The maximum atomic E-state index is 11.7. The summed E-state index contributed by atoms with van der Waals surface area (Å²) < 4.78 is 0.932. The number of carbonyl (C=O) groups excluding carboxylic acids is 1. The Bertz CT molecular complexity index is 746. The van der Waals surface area contributed by atoms with Crippen LogP contribution in [0, 0.1) is 0 Å². The fraction of sp³-hybridized carbons (Fsp3) is 0.154. The smallest absolute Gasteiger partial charge is 0.331 e. The third-order valence-electron chi connectivity index (χ3n) is 2.81. The Kier molecular flexibility index (Phi) is 3.69. The molecule has 0 aliphatic carbocycles. The number of aromatic amines is 1. The van der Waals surface area contributed by atoms with Crippen molar-refractivity contribution in [3.05, 3.63) is 62.3 Å². The summed E-state index contributed by atoms with van der Waals surface area (Å²) in [4.78, 5) is 36.9. The van der Waals surface area contributed by atoms with Gasteiger partial charge < -0.3 is 10.4 Å². The third-order valence-corrected chi connectivity index (χ3v) is 2.81. The number of benzene rings is 1. The van der Waals surface area contributed by atoms with Crippen molar-refractivity contribution in [2.24, 2.45) is 0 Å². The third kappa shape index (κ3) is 2.46. The lowest BCUT2D eigenvalue weighted by Gasteiger charge is -2.10. The molecule has 20 heavy (non-hydrogen) atoms. The van der Waals surface area contributed by atoms with Gasteiger partial charge in [-0.15, -0.1) is 0 Å². The Balaban J connectivity index is 2.57. The highest BCUT2D eigenvalue weighted by Gasteiger charge is 2.19. The number of nitrogens with zero attached hydrogens (tertiary/aromatic N) is 1. The number of aromatic hydroxyl groups is 1. The van der Waals surface area contributed by atoms with Crippen LogP contribution in [-0.2, 0) is 6.54 Å². The number of nitrogens with one attached hydrogen (secondary N) is 2. The number of rotatable bonds is 3. The molecular formula is C13H13N3O4. The molecule has 0 aliphatic rings. The summed E-state index contributed by atoms with van der Waals surface area (Å²) >= 11 is 0. The fourth-order valence-electron chi connectivity index (χ4n) is 1.80. The van der Waals surface area contributed by atoms with Gasteiger partial charge in [0.25, 0.3) is 11.5 Å². The van der Waals surface area contributed by atoms with Gasteiger partial charge in [0.2, 0.25) is 5.88 Å². The number of H-pyrrole nitrogens is 1. The van der Waals surface area contributed by atoms with Crippen molar-refractivity contribution < 1.29 is 9.90 Å². The molecule has 2 rings (SSSR count). The highest BCUT2D eigenvalue weighted by atomic mass is 16.3. The summed E-state index contributed by atoms with van der Waals surface area (Å²) in [7, 11) is 1.33. The summed E-state index contributed by atoms with van der Waals surface area (Å²) in [5.41, 5.74) is -1.43. The molecule has 0 fully saturated rings. The van der Waals surface area contributed by atoms with Crippen LogP contribution < -0.4 is 16.6 Å². The maximum absolute atomic E-state index is 11.7. The molecule has 0 radical (unpaired) electrons. The minimum Gasteiger partial charge on any atom is -0.494 e. The molecule has 0 bridgehead atoms. The fourth-order valence-corrected chi connectivity index (χ4v) is 1.80. The van der Waals surface area contributed by atoms with Crippen molar-refractivity contribution >= 4 is 5.91 Å². The second-order valence-corrected chi connectivity index (χ2v) is 4.11. The molecule has 0 unspecified atom stereocenters. The molecule has 1 heterocycles. The summed E-state index contributed by atoms with van der Waals surface area (Å²) in [6.07, 6.45) is 0. The first-order valence-corrected chi connectivity index (χ1v) is 5.86. The van der Waals surface area contributed by atoms with Gasteiger partial charge in [-0.1, -0.05) is 30.3 Å². The van der Waals surface area contributed by atoms with E-state index >= 15 is 0 Å². The first-order valence-electron chi connectivity index (χ1n) is 5.86. The number of hydrogen-bond acceptors (Lipinski definition) is 4. The summed E-state index contributed by atoms with van der Waals surface area (Å²) in [6.45, 7) is 0.0479. The lowest BCUT2D eigenvalue weighted by atomic mass is 10.2. The van der Waals surface area contributed by atoms with Crippen molar-refractivity contribution in [1.29, 1.82) is 0 Å². The molecule has 1 aromatic heterocycles. The molecule has 1 amide bonds. The zero-order valence-electron chi connectivity index (χ0n) is 10.7. The first-order chi connectivity index (χ1) is 9.54. The number of carbonyl (C=O) groups is 1. The average molecular weight is 275 g/mol. The van der Waals surface area contributed by atoms with Crippen molar-refractivity contribution in [3.63, 3.8) is 0 Å². The van der Waals surface area contributed by atoms with Crippen LogP contribution in [0.25, 0.3) is 0 Å². The van der Waals surface area contributed by atoms with Crippen LogP contribution in [0.15, 0.2) is 39.9 Å². The van der Waals surface area contributed by atoms with Gasteiger partial charge in [-0.2, -0.15) is 0 Å². The minimum absolute atomic E-state index is 0.0479. The van der Waals surface area contributed by atoms with E-state index in [1.165, 1.54) is 7.05 Å². The van der Waals surface area contributed by atoms with Gasteiger partial charge in [0.15, 0.2) is 5.56 Å². The molecule has 0 atom stereocenters. The average Bonchev–Trinajstić information content (AvgIpc) is 2.44. The monoisotopic (exact) mass is 275 g/mol. The molecule has 0 spiro atoms. The van der Waals surface area contributed by atoms with Crippen molar-refractivity contribution in [2.45, 2.75) is 6.54 Å². The Morgan fingerprint density at radius 2 is 1.95 bits per heavy atom. The van der Waals surface area contributed by atoms with E-state index in [0.717, 1.165) is 10.1 Å². The van der Waals surface area contributed by atoms with Gasteiger partial charge >= 0.3 is 5.69 Å². The number of hydrogen-bond donors (Lipinski definition) is 3. The highest BCUT2D eigenvalue weighted by Crippen LogP contribution is 2.12. The van der Waals surface area contributed by atoms with Gasteiger partial charge in [-0.05, 0) is 5.56 Å². The molecule has 2 aromatic rings. The van der Waals surface area contributed by atoms with Gasteiger partial charge in [-0.25, -0.2) is 4.79 Å². The number of amides is 1. The van der Waals surface area contributed by atoms with E-state index in [-0.39, 0.29) is 6.54 Å². The van der Waals surface area contributed by atoms with Gasteiger partial charge in [-0.3, -0.25) is 19.1 Å². The molecule has 0 aliphatic heterocycles. The number of aromatic nitrogens is 2. The minimum atomic E-state index is -0.920. The lowest BCUT2D eigenvalue weighted by molar-refractivity contribution is 0.0957. The predicted molar refractivity (Wildman–Crippen MR) is 71.9 cm³/mol.